The number of fused-ring (bicyclic) bond motifs is 4. The summed E-state index contributed by atoms with van der Waals surface area (Å²) in [6.45, 7) is 61.8. The smallest absolute Gasteiger partial charge is 0.159 e. The molecule has 0 unspecified atom stereocenters. The average molecular weight is 2620 g/mol. The van der Waals surface area contributed by atoms with Crippen LogP contribution in [0.3, 0.4) is 0 Å². The first kappa shape index (κ1) is 128. The minimum absolute atomic E-state index is 0. The maximum absolute atomic E-state index is 11.2. The molecule has 12 nitrogen and oxygen atoms in total. The molecule has 4 radical (unpaired) electrons. The van der Waals surface area contributed by atoms with Crippen molar-refractivity contribution in [2.75, 3.05) is 0 Å². The maximum Gasteiger partial charge on any atom is 0.159 e. The van der Waals surface area contributed by atoms with Crippen LogP contribution < -0.4 is 0 Å². The molecule has 0 amide bonds. The summed E-state index contributed by atoms with van der Waals surface area (Å²) in [5.74, 6) is 4.58. The van der Waals surface area contributed by atoms with Crippen LogP contribution in [-0.2, 0) is 106 Å². The molecule has 0 saturated carbocycles. The van der Waals surface area contributed by atoms with Gasteiger partial charge in [-0.3, -0.25) is 39.1 Å². The maximum atomic E-state index is 11.2. The zero-order valence-corrected chi connectivity index (χ0v) is 99.4. The largest absolute Gasteiger partial charge is 0.512 e. The number of aryl methyl sites for hydroxylation is 12. The van der Waals surface area contributed by atoms with Crippen molar-refractivity contribution in [3.8, 4) is 56.2 Å². The minimum Gasteiger partial charge on any atom is -0.512 e. The minimum atomic E-state index is 0. The second-order valence-electron chi connectivity index (χ2n) is 41.1. The Bertz CT molecular complexity index is 6090. The van der Waals surface area contributed by atoms with Crippen molar-refractivity contribution < 1.29 is 120 Å². The summed E-state index contributed by atoms with van der Waals surface area (Å²) < 4.78 is 0. The predicted octanol–water partition coefficient (Wildman–Crippen LogP) is 33.7. The third kappa shape index (κ3) is 47.3. The molecule has 4 N–H and O–H groups in total. The molecule has 768 valence electrons. The second-order valence-corrected chi connectivity index (χ2v) is 41.1. The number of rotatable bonds is 27. The van der Waals surface area contributed by atoms with Gasteiger partial charge >= 0.3 is 0 Å². The van der Waals surface area contributed by atoms with E-state index >= 15 is 0 Å². The van der Waals surface area contributed by atoms with Gasteiger partial charge in [-0.05, 0) is 173 Å². The van der Waals surface area contributed by atoms with Crippen LogP contribution in [-0.4, -0.2) is 63.5 Å². The van der Waals surface area contributed by atoms with Crippen LogP contribution >= 0.6 is 0 Å². The van der Waals surface area contributed by atoms with Gasteiger partial charge in [0.15, 0.2) is 23.1 Å². The molecule has 0 aliphatic heterocycles. The van der Waals surface area contributed by atoms with Gasteiger partial charge in [-0.2, -0.15) is 0 Å². The number of hydrogen-bond acceptors (Lipinski definition) is 12. The summed E-state index contributed by atoms with van der Waals surface area (Å²) in [6.07, 6.45) is 11.0. The van der Waals surface area contributed by atoms with E-state index in [1.165, 1.54) is 107 Å². The molecule has 142 heavy (non-hydrogen) atoms. The molecule has 0 bridgehead atoms. The number of aliphatic hydroxyl groups is 4. The fourth-order valence-electron chi connectivity index (χ4n) is 16.2. The molecule has 4 heterocycles. The van der Waals surface area contributed by atoms with Gasteiger partial charge < -0.3 is 20.4 Å². The number of carbonyl (C=O) groups is 4. The topological polar surface area (TPSA) is 201 Å². The Morgan fingerprint density at radius 3 is 0.944 bits per heavy atom. The first-order valence-corrected chi connectivity index (χ1v) is 49.3. The number of aliphatic hydroxyl groups excluding tert-OH is 4. The van der Waals surface area contributed by atoms with Gasteiger partial charge in [-0.25, -0.2) is 0 Å². The van der Waals surface area contributed by atoms with Gasteiger partial charge in [0.25, 0.3) is 0 Å². The summed E-state index contributed by atoms with van der Waals surface area (Å²) >= 11 is 0. The summed E-state index contributed by atoms with van der Waals surface area (Å²) in [5, 5.41) is 42.2. The second kappa shape index (κ2) is 64.0. The number of para-hydroxylation sites is 2. The molecule has 13 rings (SSSR count). The van der Waals surface area contributed by atoms with Gasteiger partial charge in [-0.15, -0.1) is 140 Å². The number of pyridine rings is 4. The molecule has 16 heteroatoms. The normalized spacial score (nSPS) is 11.3. The molecule has 0 aliphatic rings. The number of benzene rings is 9. The van der Waals surface area contributed by atoms with Crippen molar-refractivity contribution >= 4 is 66.7 Å². The Morgan fingerprint density at radius 2 is 0.585 bits per heavy atom. The van der Waals surface area contributed by atoms with E-state index in [1.807, 2.05) is 123 Å². The van der Waals surface area contributed by atoms with E-state index in [0.29, 0.717) is 105 Å². The van der Waals surface area contributed by atoms with E-state index in [1.54, 1.807) is 0 Å². The van der Waals surface area contributed by atoms with E-state index in [9.17, 15) is 39.6 Å². The SMILES string of the molecule is CC(C)CC(=O)C=C(O)CC(C)C.CC(C)CC(=O)C=C(O)CC(C)C.CC(C)CC(=O)C=C(O)CC(C)C.CC(C)CC(=O)C=C(O)CC(C)C.Cc1[c-]c(-c2cc(-c3ccc(C)cc3)c3ccccc3n2)cc(C)c1.Cc1[c-]c(-c2cc(C)c3c(C)cccc3n2)cc(C)c1.Cc1[c-]c(-c2cc(C)c3ccccc3n2)cc(C)c1.Cc1[c-]c(-c2ccc3ccc(CC(C)C)cc3n2)cc(C)c1.[Ir].[Ir].[Ir].[Ir]. The summed E-state index contributed by atoms with van der Waals surface area (Å²) in [5.41, 5.74) is 30.9. The zero-order chi connectivity index (χ0) is 102. The van der Waals surface area contributed by atoms with Gasteiger partial charge in [-0.1, -0.05) is 301 Å². The number of hydrogen-bond donors (Lipinski definition) is 4. The molecule has 0 fully saturated rings. The van der Waals surface area contributed by atoms with E-state index in [4.69, 9.17) is 19.9 Å². The van der Waals surface area contributed by atoms with Crippen LogP contribution in [0.5, 0.6) is 0 Å². The fourth-order valence-corrected chi connectivity index (χ4v) is 16.2. The molecule has 0 saturated heterocycles. The molecule has 4 aromatic heterocycles. The fraction of sp³-hybridized carbons (Fsp3) is 0.381. The van der Waals surface area contributed by atoms with Crippen molar-refractivity contribution in [3.05, 3.63) is 332 Å². The van der Waals surface area contributed by atoms with Crippen molar-refractivity contribution in [2.45, 2.75) is 265 Å². The Balaban J connectivity index is 0.000000554. The Labute approximate surface area is 905 Å². The van der Waals surface area contributed by atoms with E-state index in [0.717, 1.165) is 95.8 Å². The Kier molecular flexibility index (Phi) is 57.8. The average Bonchev–Trinajstić information content (AvgIpc) is 0.789. The molecule has 0 spiro atoms. The van der Waals surface area contributed by atoms with E-state index in [2.05, 4.69) is 297 Å². The Hall–Kier alpha value is -9.94. The third-order valence-electron chi connectivity index (χ3n) is 21.6. The Morgan fingerprint density at radius 1 is 0.275 bits per heavy atom. The van der Waals surface area contributed by atoms with Gasteiger partial charge in [0, 0.05) is 172 Å². The van der Waals surface area contributed by atoms with Crippen molar-refractivity contribution in [3.63, 3.8) is 0 Å². The number of aromatic nitrogens is 4. The molecule has 0 aliphatic carbocycles. The molecule has 9 aromatic carbocycles. The number of allylic oxidation sites excluding steroid dienone is 8. The molecular weight excluding hydrogens is 2470 g/mol. The van der Waals surface area contributed by atoms with Crippen molar-refractivity contribution in [1.82, 2.24) is 19.9 Å². The first-order chi connectivity index (χ1) is 64.9. The molecular formula is C126H156Ir4N4O8-4. The quantitative estimate of drug-likeness (QED) is 0.0216. The first-order valence-electron chi connectivity index (χ1n) is 49.3. The molecule has 0 atom stereocenters. The number of ketones is 4. The van der Waals surface area contributed by atoms with Crippen LogP contribution in [0.15, 0.2) is 235 Å². The van der Waals surface area contributed by atoms with E-state index in [-0.39, 0.29) is 127 Å². The van der Waals surface area contributed by atoms with Crippen LogP contribution in [0.1, 0.15) is 248 Å². The van der Waals surface area contributed by atoms with Crippen LogP contribution in [0.4, 0.5) is 0 Å². The van der Waals surface area contributed by atoms with Crippen LogP contribution in [0.2, 0.25) is 0 Å². The summed E-state index contributed by atoms with van der Waals surface area (Å²) in [7, 11) is 0. The molecule has 13 aromatic rings. The van der Waals surface area contributed by atoms with E-state index < -0.39 is 0 Å². The zero-order valence-electron chi connectivity index (χ0n) is 89.8. The van der Waals surface area contributed by atoms with Gasteiger partial charge in [0.1, 0.15) is 0 Å². The van der Waals surface area contributed by atoms with Crippen molar-refractivity contribution in [2.24, 2.45) is 53.3 Å². The van der Waals surface area contributed by atoms with Gasteiger partial charge in [0.05, 0.1) is 45.1 Å². The summed E-state index contributed by atoms with van der Waals surface area (Å²) in [4.78, 5) is 64.2. The monoisotopic (exact) mass is 2630 g/mol. The van der Waals surface area contributed by atoms with Crippen LogP contribution in [0, 0.1) is 161 Å². The third-order valence-corrected chi connectivity index (χ3v) is 21.6. The van der Waals surface area contributed by atoms with Crippen LogP contribution in [0.25, 0.3) is 99.8 Å². The predicted molar refractivity (Wildman–Crippen MR) is 583 cm³/mol. The number of carbonyl (C=O) groups excluding carboxylic acids is 4. The van der Waals surface area contributed by atoms with Gasteiger partial charge in [0.2, 0.25) is 0 Å². The van der Waals surface area contributed by atoms with Crippen molar-refractivity contribution in [1.29, 1.82) is 0 Å². The summed E-state index contributed by atoms with van der Waals surface area (Å²) in [6, 6.07) is 79.8. The standard InChI is InChI=1S/C24H20N.C21H22N.C19H18N.C18H16N.4C11H20O2.4Ir/c1-16-8-10-19(11-9-16)22-15-24(20-13-17(2)12-18(3)14-20)25-23-7-5-4-6-21(22)23;1-14(2)9-17-5-6-18-7-8-20(22-21(18)13-17)19-11-15(3)10-16(4)12-19;1-12-8-13(2)10-16(9-12)18-11-15(4)19-14(3)6-5-7-17(19)20-18;1-12-8-13(2)10-15(9-12)18-11-14(3)16-6-4-5-7-17(16)19-18;4*1-8(2)5-10(12)7-11(13)6-9(3)4;;;;/h4-13,15H,1-3H3;5-8,10-11,13-14H,9H2,1-4H3;5-9,11H,1-4H3;4-9,11H,1-3H3;4*7-9,12H,5-6H2,1-4H3;;;;/q4*-1;;;;;;;;. The number of nitrogens with zero attached hydrogens (tertiary/aromatic N) is 4.